The smallest absolute Gasteiger partial charge is 0.358 e. The third kappa shape index (κ3) is 4.71. The summed E-state index contributed by atoms with van der Waals surface area (Å²) in [6.45, 7) is 0. The Hall–Kier alpha value is -3.87. The van der Waals surface area contributed by atoms with E-state index in [-0.39, 0.29) is 36.4 Å². The Labute approximate surface area is 199 Å². The first-order valence-electron chi connectivity index (χ1n) is 10.3. The Bertz CT molecular complexity index is 1350. The van der Waals surface area contributed by atoms with Gasteiger partial charge in [-0.2, -0.15) is 13.2 Å². The van der Waals surface area contributed by atoms with Crippen LogP contribution in [0.1, 0.15) is 24.2 Å². The minimum Gasteiger partial charge on any atom is -0.358 e. The van der Waals surface area contributed by atoms with Gasteiger partial charge in [-0.15, -0.1) is 11.3 Å². The molecule has 2 N–H and O–H groups in total. The van der Waals surface area contributed by atoms with Gasteiger partial charge >= 0.3 is 6.18 Å². The van der Waals surface area contributed by atoms with Gasteiger partial charge in [0.15, 0.2) is 11.6 Å². The zero-order valence-corrected chi connectivity index (χ0v) is 18.6. The van der Waals surface area contributed by atoms with Crippen LogP contribution in [0.15, 0.2) is 52.9 Å². The molecule has 3 heterocycles. The molecule has 1 aliphatic rings. The summed E-state index contributed by atoms with van der Waals surface area (Å²) in [5, 5.41) is 9.62. The van der Waals surface area contributed by atoms with Gasteiger partial charge in [0, 0.05) is 24.0 Å². The van der Waals surface area contributed by atoms with E-state index in [1.165, 1.54) is 35.9 Å². The van der Waals surface area contributed by atoms with Crippen molar-refractivity contribution in [3.05, 3.63) is 65.5 Å². The fraction of sp³-hybridized carbons (Fsp3) is 0.227. The molecule has 1 aromatic carbocycles. The van der Waals surface area contributed by atoms with Gasteiger partial charge < -0.3 is 15.2 Å². The van der Waals surface area contributed by atoms with Crippen LogP contribution >= 0.6 is 11.3 Å². The van der Waals surface area contributed by atoms with Crippen LogP contribution in [0.3, 0.4) is 0 Å². The van der Waals surface area contributed by atoms with Crippen molar-refractivity contribution in [3.8, 4) is 11.1 Å². The summed E-state index contributed by atoms with van der Waals surface area (Å²) in [5.41, 5.74) is 0.821. The SMILES string of the molecule is O=C(Cc1ccc(-c2cnc(Nc3cncs3)nc2)cc1F)Nc1cc(C2(C(F)(F)F)CC2)on1. The number of hydrogen-bond acceptors (Lipinski definition) is 8. The molecule has 0 bridgehead atoms. The number of carbonyl (C=O) groups is 1. The van der Waals surface area contributed by atoms with Gasteiger partial charge in [0.1, 0.15) is 16.2 Å². The van der Waals surface area contributed by atoms with Crippen LogP contribution in [0.4, 0.5) is 34.3 Å². The topological polar surface area (TPSA) is 106 Å². The van der Waals surface area contributed by atoms with E-state index in [1.54, 1.807) is 17.8 Å². The molecule has 1 aliphatic carbocycles. The van der Waals surface area contributed by atoms with E-state index in [0.29, 0.717) is 17.1 Å². The lowest BCUT2D eigenvalue weighted by Gasteiger charge is -2.14. The first-order valence-corrected chi connectivity index (χ1v) is 11.2. The van der Waals surface area contributed by atoms with Crippen molar-refractivity contribution in [2.24, 2.45) is 0 Å². The number of anilines is 3. The molecule has 0 aliphatic heterocycles. The van der Waals surface area contributed by atoms with E-state index in [0.717, 1.165) is 11.1 Å². The van der Waals surface area contributed by atoms with Crippen LogP contribution in [0.5, 0.6) is 0 Å². The van der Waals surface area contributed by atoms with E-state index in [1.807, 2.05) is 0 Å². The first-order chi connectivity index (χ1) is 16.7. The molecule has 0 spiro atoms. The van der Waals surface area contributed by atoms with Gasteiger partial charge in [0.2, 0.25) is 11.9 Å². The molecule has 8 nitrogen and oxygen atoms in total. The molecule has 0 saturated heterocycles. The van der Waals surface area contributed by atoms with Crippen LogP contribution in [0.2, 0.25) is 0 Å². The highest BCUT2D eigenvalue weighted by atomic mass is 32.1. The average molecular weight is 504 g/mol. The van der Waals surface area contributed by atoms with Gasteiger partial charge in [-0.05, 0) is 30.0 Å². The zero-order chi connectivity index (χ0) is 24.6. The van der Waals surface area contributed by atoms with Gasteiger partial charge in [-0.3, -0.25) is 9.78 Å². The minimum absolute atomic E-state index is 0.0902. The van der Waals surface area contributed by atoms with Crippen molar-refractivity contribution in [1.29, 1.82) is 0 Å². The van der Waals surface area contributed by atoms with Crippen LogP contribution in [0, 0.1) is 5.82 Å². The molecule has 5 rings (SSSR count). The predicted molar refractivity (Wildman–Crippen MR) is 119 cm³/mol. The Morgan fingerprint density at radius 3 is 2.51 bits per heavy atom. The standard InChI is InChI=1S/C22H16F4N6O2S/c23-15-5-12(14-8-28-20(29-9-14)31-19-10-27-11-35-19)1-2-13(15)6-18(33)30-17-7-16(34-32-17)21(3-4-21)22(24,25)26/h1-2,5,7-11H,3-4,6H2,(H,28,29,31)(H,30,32,33). The van der Waals surface area contributed by atoms with Gasteiger partial charge in [-0.1, -0.05) is 17.3 Å². The lowest BCUT2D eigenvalue weighted by molar-refractivity contribution is -0.165. The predicted octanol–water partition coefficient (Wildman–Crippen LogP) is 5.25. The Balaban J connectivity index is 1.22. The normalized spacial score (nSPS) is 14.5. The number of thiazole rings is 1. The van der Waals surface area contributed by atoms with Crippen molar-refractivity contribution >= 4 is 34.0 Å². The molecule has 1 fully saturated rings. The van der Waals surface area contributed by atoms with E-state index in [2.05, 4.69) is 30.7 Å². The Kier molecular flexibility index (Phi) is 5.71. The third-order valence-electron chi connectivity index (χ3n) is 5.60. The van der Waals surface area contributed by atoms with E-state index in [9.17, 15) is 22.4 Å². The fourth-order valence-corrected chi connectivity index (χ4v) is 4.02. The highest BCUT2D eigenvalue weighted by Gasteiger charge is 2.66. The molecule has 3 aromatic heterocycles. The average Bonchev–Trinajstić information content (AvgIpc) is 3.25. The number of nitrogens with zero attached hydrogens (tertiary/aromatic N) is 4. The highest BCUT2D eigenvalue weighted by molar-refractivity contribution is 7.13. The van der Waals surface area contributed by atoms with Crippen LogP contribution < -0.4 is 10.6 Å². The maximum atomic E-state index is 14.7. The Morgan fingerprint density at radius 1 is 1.11 bits per heavy atom. The number of nitrogens with one attached hydrogen (secondary N) is 2. The largest absolute Gasteiger partial charge is 0.401 e. The monoisotopic (exact) mass is 504 g/mol. The van der Waals surface area contributed by atoms with Crippen molar-refractivity contribution < 1.29 is 26.9 Å². The Morgan fingerprint density at radius 2 is 1.89 bits per heavy atom. The number of alkyl halides is 3. The number of rotatable bonds is 7. The van der Waals surface area contributed by atoms with Crippen molar-refractivity contribution in [2.45, 2.75) is 30.9 Å². The summed E-state index contributed by atoms with van der Waals surface area (Å²) in [5.74, 6) is -1.40. The van der Waals surface area contributed by atoms with Crippen LogP contribution in [-0.2, 0) is 16.6 Å². The number of amides is 1. The number of hydrogen-bond donors (Lipinski definition) is 2. The second-order valence-corrected chi connectivity index (χ2v) is 8.86. The van der Waals surface area contributed by atoms with Crippen LogP contribution in [-0.4, -0.2) is 32.2 Å². The number of benzene rings is 1. The summed E-state index contributed by atoms with van der Waals surface area (Å²) in [6, 6.07) is 5.39. The van der Waals surface area contributed by atoms with Crippen molar-refractivity contribution in [1.82, 2.24) is 20.1 Å². The third-order valence-corrected chi connectivity index (χ3v) is 6.29. The number of aromatic nitrogens is 4. The second kappa shape index (κ2) is 8.73. The zero-order valence-electron chi connectivity index (χ0n) is 17.8. The molecule has 4 aromatic rings. The summed E-state index contributed by atoms with van der Waals surface area (Å²) in [7, 11) is 0. The highest BCUT2D eigenvalue weighted by Crippen LogP contribution is 2.59. The lowest BCUT2D eigenvalue weighted by Crippen LogP contribution is -2.28. The maximum absolute atomic E-state index is 14.7. The first kappa shape index (κ1) is 22.9. The minimum atomic E-state index is -4.46. The van der Waals surface area contributed by atoms with Gasteiger partial charge in [-0.25, -0.2) is 14.4 Å². The molecule has 1 saturated carbocycles. The quantitative estimate of drug-likeness (QED) is 0.331. The second-order valence-electron chi connectivity index (χ2n) is 7.97. The lowest BCUT2D eigenvalue weighted by atomic mass is 10.0. The molecule has 180 valence electrons. The maximum Gasteiger partial charge on any atom is 0.401 e. The number of carbonyl (C=O) groups excluding carboxylic acids is 1. The number of halogens is 4. The van der Waals surface area contributed by atoms with Gasteiger partial charge in [0.25, 0.3) is 0 Å². The molecule has 1 amide bonds. The molecule has 0 unspecified atom stereocenters. The molecule has 0 radical (unpaired) electrons. The molecule has 0 atom stereocenters. The van der Waals surface area contributed by atoms with E-state index < -0.39 is 23.3 Å². The molecule has 35 heavy (non-hydrogen) atoms. The van der Waals surface area contributed by atoms with Gasteiger partial charge in [0.05, 0.1) is 18.1 Å². The summed E-state index contributed by atoms with van der Waals surface area (Å²) < 4.78 is 59.1. The van der Waals surface area contributed by atoms with E-state index >= 15 is 0 Å². The van der Waals surface area contributed by atoms with E-state index in [4.69, 9.17) is 4.52 Å². The van der Waals surface area contributed by atoms with Crippen molar-refractivity contribution in [2.75, 3.05) is 10.6 Å². The van der Waals surface area contributed by atoms with Crippen LogP contribution in [0.25, 0.3) is 11.1 Å². The molecule has 13 heteroatoms. The van der Waals surface area contributed by atoms with Crippen molar-refractivity contribution in [3.63, 3.8) is 0 Å². The summed E-state index contributed by atoms with van der Waals surface area (Å²) in [4.78, 5) is 24.7. The molecular formula is C22H16F4N6O2S. The summed E-state index contributed by atoms with van der Waals surface area (Å²) >= 11 is 1.39. The molecular weight excluding hydrogens is 488 g/mol. The fourth-order valence-electron chi connectivity index (χ4n) is 3.51. The summed E-state index contributed by atoms with van der Waals surface area (Å²) in [6.07, 6.45) is -0.268.